The minimum absolute atomic E-state index is 0.0198. The first kappa shape index (κ1) is 42.8. The van der Waals surface area contributed by atoms with Crippen molar-refractivity contribution in [2.24, 2.45) is 52.8 Å². The average molecular weight is 775 g/mol. The normalized spacial score (nSPS) is 35.9. The highest BCUT2D eigenvalue weighted by Crippen LogP contribution is 2.45. The van der Waals surface area contributed by atoms with Crippen molar-refractivity contribution in [3.05, 3.63) is 0 Å². The third kappa shape index (κ3) is 12.6. The smallest absolute Gasteiger partial charge is 0.310 e. The summed E-state index contributed by atoms with van der Waals surface area (Å²) in [5.74, 6) is -0.856. The van der Waals surface area contributed by atoms with E-state index in [1.807, 2.05) is 0 Å². The molecule has 0 aromatic rings. The summed E-state index contributed by atoms with van der Waals surface area (Å²) in [6.07, 6.45) is 24.6. The topological polar surface area (TPSA) is 138 Å². The molecule has 6 aliphatic rings. The molecule has 6 saturated carbocycles. The van der Waals surface area contributed by atoms with Crippen LogP contribution in [-0.4, -0.2) is 72.4 Å². The minimum Gasteiger partial charge on any atom is -0.481 e. The Labute approximate surface area is 330 Å². The minimum atomic E-state index is -0.857. The summed E-state index contributed by atoms with van der Waals surface area (Å²) < 4.78 is 18.8. The summed E-state index contributed by atoms with van der Waals surface area (Å²) in [4.78, 5) is 49.2. The second kappa shape index (κ2) is 20.8. The van der Waals surface area contributed by atoms with Gasteiger partial charge in [0.25, 0.3) is 0 Å². The van der Waals surface area contributed by atoms with Gasteiger partial charge < -0.3 is 24.4 Å². The molecule has 0 heterocycles. The summed E-state index contributed by atoms with van der Waals surface area (Å²) in [5, 5.41) is 19.8. The van der Waals surface area contributed by atoms with Gasteiger partial charge in [-0.3, -0.25) is 14.4 Å². The van der Waals surface area contributed by atoms with Crippen molar-refractivity contribution in [1.82, 2.24) is 0 Å². The zero-order chi connectivity index (χ0) is 38.8. The molecule has 0 saturated heterocycles. The molecular weight excluding hydrogens is 700 g/mol. The lowest BCUT2D eigenvalue weighted by molar-refractivity contribution is -0.338. The largest absolute Gasteiger partial charge is 0.481 e. The van der Waals surface area contributed by atoms with Crippen LogP contribution < -0.4 is 0 Å². The fraction of sp³-hybridized carbons (Fsp3) is 0.933. The van der Waals surface area contributed by atoms with Crippen LogP contribution >= 0.6 is 0 Å². The molecule has 10 nitrogen and oxygen atoms in total. The highest BCUT2D eigenvalue weighted by Gasteiger charge is 2.44. The number of rotatable bonds is 16. The maximum atomic E-state index is 13.4. The Morgan fingerprint density at radius 3 is 1.51 bits per heavy atom. The Morgan fingerprint density at radius 1 is 0.509 bits per heavy atom. The summed E-state index contributed by atoms with van der Waals surface area (Å²) in [5.41, 5.74) is -0.141. The lowest BCUT2D eigenvalue weighted by atomic mass is 9.67. The van der Waals surface area contributed by atoms with Gasteiger partial charge >= 0.3 is 17.9 Å². The molecule has 2 N–H and O–H groups in total. The molecule has 55 heavy (non-hydrogen) atoms. The monoisotopic (exact) mass is 775 g/mol. The van der Waals surface area contributed by atoms with Crippen LogP contribution in [0.15, 0.2) is 0 Å². The van der Waals surface area contributed by atoms with Gasteiger partial charge in [0.1, 0.15) is 6.10 Å². The van der Waals surface area contributed by atoms with Gasteiger partial charge in [0.15, 0.2) is 0 Å². The van der Waals surface area contributed by atoms with Crippen LogP contribution in [0.3, 0.4) is 0 Å². The molecule has 314 valence electrons. The van der Waals surface area contributed by atoms with E-state index in [1.165, 1.54) is 64.2 Å². The quantitative estimate of drug-likeness (QED) is 0.0886. The summed E-state index contributed by atoms with van der Waals surface area (Å²) in [6.45, 7) is 5.94. The molecule has 10 heteroatoms. The molecule has 0 aliphatic heterocycles. The molecule has 6 atom stereocenters. The van der Waals surface area contributed by atoms with Crippen molar-refractivity contribution in [2.75, 3.05) is 19.8 Å². The molecule has 0 bridgehead atoms. The van der Waals surface area contributed by atoms with Crippen LogP contribution in [0.4, 0.5) is 0 Å². The lowest BCUT2D eigenvalue weighted by Crippen LogP contribution is -2.40. The van der Waals surface area contributed by atoms with Gasteiger partial charge in [-0.2, -0.15) is 0 Å². The SMILES string of the molecule is CC(C)(COC1CCC(OOCC2CC(C3CCCCC3)CCC2C(=O)O)CC1)COC1CCC(OC(=O)C2CC(C3CCCCC3)CCC2C(=O)O)CC1. The van der Waals surface area contributed by atoms with E-state index in [2.05, 4.69) is 13.8 Å². The van der Waals surface area contributed by atoms with Crippen molar-refractivity contribution in [3.63, 3.8) is 0 Å². The van der Waals surface area contributed by atoms with Gasteiger partial charge in [0, 0.05) is 5.41 Å². The molecule has 6 fully saturated rings. The van der Waals surface area contributed by atoms with Crippen LogP contribution in [0, 0.1) is 52.8 Å². The number of ether oxygens (including phenoxy) is 3. The predicted molar refractivity (Wildman–Crippen MR) is 208 cm³/mol. The summed E-state index contributed by atoms with van der Waals surface area (Å²) >= 11 is 0. The molecule has 6 rings (SSSR count). The number of carbonyl (C=O) groups excluding carboxylic acids is 1. The van der Waals surface area contributed by atoms with Gasteiger partial charge in [0.05, 0.1) is 55.9 Å². The van der Waals surface area contributed by atoms with E-state index < -0.39 is 23.8 Å². The fourth-order valence-corrected chi connectivity index (χ4v) is 11.5. The van der Waals surface area contributed by atoms with Crippen molar-refractivity contribution in [2.45, 2.75) is 192 Å². The van der Waals surface area contributed by atoms with Gasteiger partial charge in [-0.15, -0.1) is 0 Å². The highest BCUT2D eigenvalue weighted by molar-refractivity contribution is 5.81. The van der Waals surface area contributed by atoms with E-state index in [1.54, 1.807) is 0 Å². The second-order valence-electron chi connectivity index (χ2n) is 19.6. The first-order valence-electron chi connectivity index (χ1n) is 22.7. The Morgan fingerprint density at radius 2 is 0.982 bits per heavy atom. The van der Waals surface area contributed by atoms with Gasteiger partial charge in [0.2, 0.25) is 0 Å². The second-order valence-corrected chi connectivity index (χ2v) is 19.6. The first-order valence-corrected chi connectivity index (χ1v) is 22.7. The van der Waals surface area contributed by atoms with Crippen LogP contribution in [0.1, 0.15) is 168 Å². The molecule has 0 aromatic carbocycles. The third-order valence-electron chi connectivity index (χ3n) is 14.9. The molecule has 6 aliphatic carbocycles. The van der Waals surface area contributed by atoms with Crippen LogP contribution in [-0.2, 0) is 38.4 Å². The van der Waals surface area contributed by atoms with Crippen molar-refractivity contribution in [3.8, 4) is 0 Å². The number of esters is 1. The number of carboxylic acids is 2. The molecular formula is C45H74O10. The third-order valence-corrected chi connectivity index (χ3v) is 14.9. The van der Waals surface area contributed by atoms with Crippen LogP contribution in [0.5, 0.6) is 0 Å². The molecule has 0 aromatic heterocycles. The highest BCUT2D eigenvalue weighted by atomic mass is 17.2. The van der Waals surface area contributed by atoms with E-state index >= 15 is 0 Å². The summed E-state index contributed by atoms with van der Waals surface area (Å²) in [6, 6.07) is 0. The zero-order valence-corrected chi connectivity index (χ0v) is 34.2. The van der Waals surface area contributed by atoms with Crippen LogP contribution in [0.2, 0.25) is 0 Å². The molecule has 6 unspecified atom stereocenters. The van der Waals surface area contributed by atoms with E-state index in [-0.39, 0.29) is 47.6 Å². The van der Waals surface area contributed by atoms with Gasteiger partial charge in [-0.25, -0.2) is 9.78 Å². The maximum absolute atomic E-state index is 13.4. The van der Waals surface area contributed by atoms with Crippen molar-refractivity contribution in [1.29, 1.82) is 0 Å². The molecule has 0 spiro atoms. The van der Waals surface area contributed by atoms with E-state index in [0.717, 1.165) is 83.0 Å². The standard InChI is InChI=1S/C45H74O10/c1-45(2,28-51-35-15-19-37(20-16-35)54-44(50)41-26-33(14-24-40(41)43(48)49)31-11-7-4-8-12-31)29-52-36-17-21-38(22-18-36)55-53-27-34-25-32(13-23-39(34)42(46)47)30-9-5-3-6-10-30/h30-41H,3-29H2,1-2H3,(H,46,47)(H,48,49). The van der Waals surface area contributed by atoms with Crippen molar-refractivity contribution < 1.29 is 48.6 Å². The lowest BCUT2D eigenvalue weighted by Gasteiger charge is -2.39. The van der Waals surface area contributed by atoms with Gasteiger partial charge in [-0.05, 0) is 119 Å². The Hall–Kier alpha value is -1.75. The number of carbonyl (C=O) groups is 3. The molecule has 0 amide bonds. The Bertz CT molecular complexity index is 1190. The van der Waals surface area contributed by atoms with Gasteiger partial charge in [-0.1, -0.05) is 78.1 Å². The van der Waals surface area contributed by atoms with E-state index in [4.69, 9.17) is 24.0 Å². The first-order chi connectivity index (χ1) is 26.5. The number of aliphatic carboxylic acids is 2. The number of carboxylic acid groups (broad SMARTS) is 2. The van der Waals surface area contributed by atoms with E-state index in [9.17, 15) is 24.6 Å². The van der Waals surface area contributed by atoms with Crippen molar-refractivity contribution >= 4 is 17.9 Å². The average Bonchev–Trinajstić information content (AvgIpc) is 3.20. The molecule has 0 radical (unpaired) electrons. The zero-order valence-electron chi connectivity index (χ0n) is 34.2. The van der Waals surface area contributed by atoms with E-state index in [0.29, 0.717) is 50.4 Å². The Balaban J connectivity index is 0.838. The number of hydrogen-bond donors (Lipinski definition) is 2. The fourth-order valence-electron chi connectivity index (χ4n) is 11.5. The van der Waals surface area contributed by atoms with Crippen LogP contribution in [0.25, 0.3) is 0 Å². The summed E-state index contributed by atoms with van der Waals surface area (Å²) in [7, 11) is 0. The number of hydrogen-bond acceptors (Lipinski definition) is 8. The predicted octanol–water partition coefficient (Wildman–Crippen LogP) is 9.55. The Kier molecular flexibility index (Phi) is 16.2. The maximum Gasteiger partial charge on any atom is 0.310 e.